The van der Waals surface area contributed by atoms with Crippen LogP contribution in [0.4, 0.5) is 8.78 Å². The first-order valence-electron chi connectivity index (χ1n) is 6.48. The van der Waals surface area contributed by atoms with Gasteiger partial charge in [-0.2, -0.15) is 0 Å². The van der Waals surface area contributed by atoms with Crippen LogP contribution < -0.4 is 5.32 Å². The Morgan fingerprint density at radius 3 is 2.55 bits per heavy atom. The van der Waals surface area contributed by atoms with Gasteiger partial charge in [-0.1, -0.05) is 31.2 Å². The summed E-state index contributed by atoms with van der Waals surface area (Å²) in [5.74, 6) is -0.536. The molecule has 2 aromatic rings. The molecule has 0 saturated carbocycles. The summed E-state index contributed by atoms with van der Waals surface area (Å²) in [5, 5.41) is 3.31. The number of hydrogen-bond donors (Lipinski definition) is 1. The third kappa shape index (κ3) is 3.07. The largest absolute Gasteiger partial charge is 0.306 e. The van der Waals surface area contributed by atoms with E-state index in [4.69, 9.17) is 0 Å². The van der Waals surface area contributed by atoms with Gasteiger partial charge in [0, 0.05) is 0 Å². The smallest absolute Gasteiger partial charge is 0.137 e. The molecule has 0 bridgehead atoms. The Kier molecular flexibility index (Phi) is 4.89. The second kappa shape index (κ2) is 6.46. The quantitative estimate of drug-likeness (QED) is 0.848. The van der Waals surface area contributed by atoms with E-state index in [2.05, 4.69) is 21.2 Å². The van der Waals surface area contributed by atoms with Crippen LogP contribution in [-0.2, 0) is 0 Å². The molecule has 0 aliphatic rings. The van der Waals surface area contributed by atoms with Crippen LogP contribution in [0.1, 0.15) is 29.7 Å². The molecule has 0 fully saturated rings. The van der Waals surface area contributed by atoms with Crippen molar-refractivity contribution in [3.05, 3.63) is 69.2 Å². The first-order valence-corrected chi connectivity index (χ1v) is 7.27. The molecule has 106 valence electrons. The van der Waals surface area contributed by atoms with Crippen LogP contribution in [0.5, 0.6) is 0 Å². The van der Waals surface area contributed by atoms with Gasteiger partial charge in [-0.25, -0.2) is 8.78 Å². The zero-order valence-electron chi connectivity index (χ0n) is 11.4. The van der Waals surface area contributed by atoms with Crippen LogP contribution in [0.2, 0.25) is 0 Å². The summed E-state index contributed by atoms with van der Waals surface area (Å²) < 4.78 is 27.5. The maximum atomic E-state index is 13.7. The Morgan fingerprint density at radius 2 is 1.90 bits per heavy atom. The van der Waals surface area contributed by atoms with E-state index in [9.17, 15) is 8.78 Å². The van der Waals surface area contributed by atoms with E-state index in [-0.39, 0.29) is 17.7 Å². The Hall–Kier alpha value is -1.26. The van der Waals surface area contributed by atoms with Crippen molar-refractivity contribution in [2.24, 2.45) is 0 Å². The minimum Gasteiger partial charge on any atom is -0.306 e. The molecule has 0 aliphatic heterocycles. The number of hydrogen-bond acceptors (Lipinski definition) is 1. The van der Waals surface area contributed by atoms with Crippen LogP contribution in [0.3, 0.4) is 0 Å². The van der Waals surface area contributed by atoms with E-state index in [1.165, 1.54) is 12.1 Å². The van der Waals surface area contributed by atoms with Crippen LogP contribution >= 0.6 is 15.9 Å². The summed E-state index contributed by atoms with van der Waals surface area (Å²) in [6, 6.07) is 9.74. The summed E-state index contributed by atoms with van der Waals surface area (Å²) in [4.78, 5) is 0. The van der Waals surface area contributed by atoms with E-state index in [0.29, 0.717) is 10.0 Å². The molecular formula is C16H16BrF2N. The molecule has 0 amide bonds. The van der Waals surface area contributed by atoms with Gasteiger partial charge < -0.3 is 5.32 Å². The number of rotatable bonds is 4. The van der Waals surface area contributed by atoms with Crippen LogP contribution in [0, 0.1) is 18.6 Å². The van der Waals surface area contributed by atoms with Gasteiger partial charge in [0.1, 0.15) is 11.6 Å². The van der Waals surface area contributed by atoms with Crippen molar-refractivity contribution in [3.63, 3.8) is 0 Å². The normalized spacial score (nSPS) is 12.4. The molecule has 1 atom stereocenters. The predicted molar refractivity (Wildman–Crippen MR) is 80.8 cm³/mol. The standard InChI is InChI=1S/C16H16BrF2N/c1-3-20-16(11-7-8-13(18)10(2)9-11)12-5-4-6-14(19)15(12)17/h4-9,16,20H,3H2,1-2H3. The average Bonchev–Trinajstić information content (AvgIpc) is 2.43. The third-order valence-electron chi connectivity index (χ3n) is 3.22. The molecule has 0 aromatic heterocycles. The fourth-order valence-electron chi connectivity index (χ4n) is 2.20. The lowest BCUT2D eigenvalue weighted by Gasteiger charge is -2.21. The van der Waals surface area contributed by atoms with Gasteiger partial charge in [-0.05, 0) is 58.2 Å². The second-order valence-electron chi connectivity index (χ2n) is 4.64. The van der Waals surface area contributed by atoms with Crippen LogP contribution in [0.25, 0.3) is 0 Å². The monoisotopic (exact) mass is 339 g/mol. The topological polar surface area (TPSA) is 12.0 Å². The van der Waals surface area contributed by atoms with E-state index in [1.54, 1.807) is 25.1 Å². The molecule has 1 N–H and O–H groups in total. The molecule has 0 aliphatic carbocycles. The van der Waals surface area contributed by atoms with Crippen molar-refractivity contribution >= 4 is 15.9 Å². The van der Waals surface area contributed by atoms with Gasteiger partial charge in [0.05, 0.1) is 10.5 Å². The molecule has 0 heterocycles. The molecule has 1 nitrogen and oxygen atoms in total. The molecule has 0 saturated heterocycles. The van der Waals surface area contributed by atoms with E-state index < -0.39 is 0 Å². The van der Waals surface area contributed by atoms with Gasteiger partial charge in [0.2, 0.25) is 0 Å². The van der Waals surface area contributed by atoms with Crippen molar-refractivity contribution in [2.45, 2.75) is 19.9 Å². The second-order valence-corrected chi connectivity index (χ2v) is 5.44. The lowest BCUT2D eigenvalue weighted by atomic mass is 9.97. The fourth-order valence-corrected chi connectivity index (χ4v) is 2.70. The number of benzene rings is 2. The summed E-state index contributed by atoms with van der Waals surface area (Å²) >= 11 is 3.29. The molecular weight excluding hydrogens is 324 g/mol. The first kappa shape index (κ1) is 15.1. The van der Waals surface area contributed by atoms with Gasteiger partial charge in [0.25, 0.3) is 0 Å². The highest BCUT2D eigenvalue weighted by Gasteiger charge is 2.18. The summed E-state index contributed by atoms with van der Waals surface area (Å²) in [6.07, 6.45) is 0. The predicted octanol–water partition coefficient (Wildman–Crippen LogP) is 4.73. The van der Waals surface area contributed by atoms with Crippen molar-refractivity contribution < 1.29 is 8.78 Å². The average molecular weight is 340 g/mol. The maximum Gasteiger partial charge on any atom is 0.137 e. The highest BCUT2D eigenvalue weighted by atomic mass is 79.9. The van der Waals surface area contributed by atoms with Gasteiger partial charge in [-0.3, -0.25) is 0 Å². The SMILES string of the molecule is CCNC(c1ccc(F)c(C)c1)c1cccc(F)c1Br. The summed E-state index contributed by atoms with van der Waals surface area (Å²) in [6.45, 7) is 4.43. The van der Waals surface area contributed by atoms with Gasteiger partial charge >= 0.3 is 0 Å². The molecule has 0 spiro atoms. The van der Waals surface area contributed by atoms with Crippen LogP contribution in [0.15, 0.2) is 40.9 Å². The van der Waals surface area contributed by atoms with Crippen molar-refractivity contribution in [1.82, 2.24) is 5.32 Å². The van der Waals surface area contributed by atoms with Crippen LogP contribution in [-0.4, -0.2) is 6.54 Å². The van der Waals surface area contributed by atoms with Crippen molar-refractivity contribution in [3.8, 4) is 0 Å². The summed E-state index contributed by atoms with van der Waals surface area (Å²) in [7, 11) is 0. The van der Waals surface area contributed by atoms with Crippen molar-refractivity contribution in [2.75, 3.05) is 6.54 Å². The molecule has 2 aromatic carbocycles. The maximum absolute atomic E-state index is 13.7. The highest BCUT2D eigenvalue weighted by molar-refractivity contribution is 9.10. The number of aryl methyl sites for hydroxylation is 1. The highest BCUT2D eigenvalue weighted by Crippen LogP contribution is 2.31. The van der Waals surface area contributed by atoms with Crippen molar-refractivity contribution in [1.29, 1.82) is 0 Å². The Morgan fingerprint density at radius 1 is 1.15 bits per heavy atom. The lowest BCUT2D eigenvalue weighted by Crippen LogP contribution is -2.22. The zero-order chi connectivity index (χ0) is 14.7. The molecule has 4 heteroatoms. The minimum absolute atomic E-state index is 0.177. The number of halogens is 3. The third-order valence-corrected chi connectivity index (χ3v) is 4.05. The molecule has 2 rings (SSSR count). The molecule has 1 unspecified atom stereocenters. The Bertz CT molecular complexity index is 613. The van der Waals surface area contributed by atoms with Gasteiger partial charge in [0.15, 0.2) is 0 Å². The number of nitrogens with one attached hydrogen (secondary N) is 1. The van der Waals surface area contributed by atoms with E-state index >= 15 is 0 Å². The summed E-state index contributed by atoms with van der Waals surface area (Å²) in [5.41, 5.74) is 2.30. The van der Waals surface area contributed by atoms with E-state index in [1.807, 2.05) is 13.0 Å². The molecule has 20 heavy (non-hydrogen) atoms. The Labute approximate surface area is 126 Å². The lowest BCUT2D eigenvalue weighted by molar-refractivity contribution is 0.590. The first-order chi connectivity index (χ1) is 9.54. The fraction of sp³-hybridized carbons (Fsp3) is 0.250. The Balaban J connectivity index is 2.50. The van der Waals surface area contributed by atoms with E-state index in [0.717, 1.165) is 17.7 Å². The molecule has 0 radical (unpaired) electrons. The zero-order valence-corrected chi connectivity index (χ0v) is 13.0. The van der Waals surface area contributed by atoms with Gasteiger partial charge in [-0.15, -0.1) is 0 Å². The minimum atomic E-state index is -0.302.